The molecule has 0 radical (unpaired) electrons. The zero-order valence-corrected chi connectivity index (χ0v) is 16.1. The molecule has 76 valence electrons. The van der Waals surface area contributed by atoms with Crippen LogP contribution in [0.1, 0.15) is 6.42 Å². The van der Waals surface area contributed by atoms with Crippen LogP contribution in [0.25, 0.3) is 0 Å². The minimum Gasteiger partial charge on any atom is -0.808 e. The molecule has 0 spiro atoms. The van der Waals surface area contributed by atoms with Crippen LogP contribution >= 0.6 is 15.2 Å². The van der Waals surface area contributed by atoms with Gasteiger partial charge in [0, 0.05) is 0 Å². The fourth-order valence-electron chi connectivity index (χ4n) is 0.465. The molecule has 0 rings (SSSR count). The molecular formula is C3H5K2NO7P2. The zero-order chi connectivity index (χ0) is 10.9. The molecule has 0 aromatic carbocycles. The molecule has 0 aliphatic rings. The van der Waals surface area contributed by atoms with Gasteiger partial charge in [-0.2, -0.15) is 5.26 Å². The predicted octanol–water partition coefficient (Wildman–Crippen LogP) is -8.35. The molecule has 0 heterocycles. The van der Waals surface area contributed by atoms with Gasteiger partial charge in [0.05, 0.1) is 12.5 Å². The van der Waals surface area contributed by atoms with E-state index in [0.717, 1.165) is 6.07 Å². The van der Waals surface area contributed by atoms with E-state index in [-0.39, 0.29) is 103 Å². The maximum Gasteiger partial charge on any atom is 1.00 e. The van der Waals surface area contributed by atoms with Crippen LogP contribution in [0.4, 0.5) is 0 Å². The zero-order valence-electron chi connectivity index (χ0n) is 8.02. The normalized spacial score (nSPS) is 15.2. The van der Waals surface area contributed by atoms with Crippen LogP contribution in [0.15, 0.2) is 0 Å². The Morgan fingerprint density at radius 3 is 1.67 bits per heavy atom. The van der Waals surface area contributed by atoms with Crippen LogP contribution in [-0.2, 0) is 9.13 Å². The van der Waals surface area contributed by atoms with E-state index in [1.807, 2.05) is 0 Å². The van der Waals surface area contributed by atoms with E-state index in [9.17, 15) is 18.9 Å². The fraction of sp³-hybridized carbons (Fsp3) is 0.667. The third-order valence-electron chi connectivity index (χ3n) is 1.22. The largest absolute Gasteiger partial charge is 1.00 e. The Kier molecular flexibility index (Phi) is 12.7. The summed E-state index contributed by atoms with van der Waals surface area (Å²) in [5.74, 6) is 0. The van der Waals surface area contributed by atoms with Crippen molar-refractivity contribution in [2.45, 2.75) is 11.5 Å². The van der Waals surface area contributed by atoms with Crippen molar-refractivity contribution >= 4 is 15.2 Å². The second kappa shape index (κ2) is 8.24. The average Bonchev–Trinajstić information content (AvgIpc) is 1.82. The Bertz CT molecular complexity index is 306. The summed E-state index contributed by atoms with van der Waals surface area (Å²) in [6.07, 6.45) is -1.47. The van der Waals surface area contributed by atoms with Gasteiger partial charge >= 0.3 is 110 Å². The Morgan fingerprint density at radius 1 is 1.27 bits per heavy atom. The number of nitriles is 1. The first kappa shape index (κ1) is 23.1. The molecule has 3 N–H and O–H groups in total. The molecule has 0 amide bonds. The van der Waals surface area contributed by atoms with Crippen LogP contribution < -0.4 is 113 Å². The second-order valence-electron chi connectivity index (χ2n) is 2.15. The van der Waals surface area contributed by atoms with Crippen molar-refractivity contribution in [3.05, 3.63) is 0 Å². The summed E-state index contributed by atoms with van der Waals surface area (Å²) in [6, 6.07) is 1.01. The van der Waals surface area contributed by atoms with Gasteiger partial charge in [-0.1, -0.05) is 0 Å². The number of nitrogens with zero attached hydrogens (tertiary/aromatic N) is 1. The van der Waals surface area contributed by atoms with Crippen LogP contribution in [0.5, 0.6) is 0 Å². The Hall–Kier alpha value is 3.02. The Morgan fingerprint density at radius 2 is 1.60 bits per heavy atom. The summed E-state index contributed by atoms with van der Waals surface area (Å²) < 4.78 is 20.7. The summed E-state index contributed by atoms with van der Waals surface area (Å²) in [4.78, 5) is 37.2. The maximum atomic E-state index is 10.4. The molecule has 12 heteroatoms. The van der Waals surface area contributed by atoms with E-state index in [2.05, 4.69) is 0 Å². The number of hydrogen-bond acceptors (Lipinski definition) is 6. The smallest absolute Gasteiger partial charge is 0.808 e. The second-order valence-corrected chi connectivity index (χ2v) is 6.07. The van der Waals surface area contributed by atoms with Crippen LogP contribution in [0.3, 0.4) is 0 Å². The monoisotopic (exact) mass is 307 g/mol. The molecule has 0 aromatic heterocycles. The molecule has 8 nitrogen and oxygen atoms in total. The molecular weight excluding hydrogens is 302 g/mol. The quantitative estimate of drug-likeness (QED) is 0.341. The maximum absolute atomic E-state index is 10.4. The number of hydrogen-bond donors (Lipinski definition) is 3. The molecule has 1 unspecified atom stereocenters. The van der Waals surface area contributed by atoms with Crippen LogP contribution in [-0.4, -0.2) is 20.0 Å². The van der Waals surface area contributed by atoms with Gasteiger partial charge in [0.2, 0.25) is 5.08 Å². The minimum atomic E-state index is -5.96. The molecule has 0 fully saturated rings. The van der Waals surface area contributed by atoms with Gasteiger partial charge < -0.3 is 29.2 Å². The van der Waals surface area contributed by atoms with E-state index in [1.165, 1.54) is 0 Å². The van der Waals surface area contributed by atoms with E-state index < -0.39 is 26.7 Å². The van der Waals surface area contributed by atoms with E-state index >= 15 is 0 Å². The average molecular weight is 307 g/mol. The van der Waals surface area contributed by atoms with Crippen molar-refractivity contribution in [3.63, 3.8) is 0 Å². The minimum absolute atomic E-state index is 0. The summed E-state index contributed by atoms with van der Waals surface area (Å²) in [5.41, 5.74) is 0. The molecule has 1 atom stereocenters. The van der Waals surface area contributed by atoms with Gasteiger partial charge in [0.15, 0.2) is 0 Å². The summed E-state index contributed by atoms with van der Waals surface area (Å²) in [6.45, 7) is 0. The molecule has 0 bridgehead atoms. The fourth-order valence-corrected chi connectivity index (χ4v) is 2.28. The van der Waals surface area contributed by atoms with Gasteiger partial charge in [-0.3, -0.25) is 4.57 Å². The van der Waals surface area contributed by atoms with E-state index in [4.69, 9.17) is 20.2 Å². The third-order valence-corrected chi connectivity index (χ3v) is 4.86. The summed E-state index contributed by atoms with van der Waals surface area (Å²) in [5, 5.41) is 13.0. The summed E-state index contributed by atoms with van der Waals surface area (Å²) in [7, 11) is -11.5. The van der Waals surface area contributed by atoms with Crippen LogP contribution in [0.2, 0.25) is 0 Å². The van der Waals surface area contributed by atoms with Crippen molar-refractivity contribution in [1.82, 2.24) is 0 Å². The molecule has 0 saturated heterocycles. The van der Waals surface area contributed by atoms with Gasteiger partial charge in [0.25, 0.3) is 0 Å². The van der Waals surface area contributed by atoms with Crippen LogP contribution in [0, 0.1) is 11.3 Å². The Labute approximate surface area is 171 Å². The third kappa shape index (κ3) is 6.14. The van der Waals surface area contributed by atoms with Gasteiger partial charge in [-0.25, -0.2) is 0 Å². The predicted molar refractivity (Wildman–Crippen MR) is 34.8 cm³/mol. The van der Waals surface area contributed by atoms with Gasteiger partial charge in [-0.15, -0.1) is 0 Å². The SMILES string of the molecule is N#CCC(O)(P(=O)([O-])[O-])P(=O)(O)O.[K+].[K+]. The van der Waals surface area contributed by atoms with Crippen molar-refractivity contribution < 1.29 is 137 Å². The molecule has 0 aliphatic heterocycles. The molecule has 0 aromatic rings. The van der Waals surface area contributed by atoms with Gasteiger partial charge in [0.1, 0.15) is 0 Å². The number of aliphatic hydroxyl groups is 1. The van der Waals surface area contributed by atoms with Crippen molar-refractivity contribution in [2.24, 2.45) is 0 Å². The Balaban J connectivity index is -0.000000720. The first-order valence-electron chi connectivity index (χ1n) is 2.73. The van der Waals surface area contributed by atoms with Crippen molar-refractivity contribution in [3.8, 4) is 6.07 Å². The van der Waals surface area contributed by atoms with Crippen molar-refractivity contribution in [1.29, 1.82) is 5.26 Å². The molecule has 0 aliphatic carbocycles. The summed E-state index contributed by atoms with van der Waals surface area (Å²) >= 11 is 0. The van der Waals surface area contributed by atoms with Crippen molar-refractivity contribution in [2.75, 3.05) is 0 Å². The first-order chi connectivity index (χ1) is 5.56. The van der Waals surface area contributed by atoms with E-state index in [0.29, 0.717) is 0 Å². The first-order valence-corrected chi connectivity index (χ1v) is 5.89. The molecule has 15 heavy (non-hydrogen) atoms. The number of rotatable bonds is 3. The topological polar surface area (TPSA) is 165 Å². The standard InChI is InChI=1S/C3H7NO7P2.2K/c4-2-1-3(5,12(6,7)8)13(9,10)11;;/h5H,1H2,(H2,6,7,8)(H2,9,10,11);;/q;2*+1/p-2. The van der Waals surface area contributed by atoms with Gasteiger partial charge in [-0.05, 0) is 7.60 Å². The molecule has 0 saturated carbocycles. The van der Waals surface area contributed by atoms with E-state index in [1.54, 1.807) is 0 Å².